The van der Waals surface area contributed by atoms with E-state index in [0.29, 0.717) is 11.8 Å². The summed E-state index contributed by atoms with van der Waals surface area (Å²) in [6.45, 7) is 29.7. The normalized spacial score (nSPS) is 32.1. The van der Waals surface area contributed by atoms with Crippen LogP contribution in [0, 0.1) is 17.3 Å². The lowest BCUT2D eigenvalue weighted by Gasteiger charge is -2.45. The van der Waals surface area contributed by atoms with E-state index < -0.39 is 16.6 Å². The van der Waals surface area contributed by atoms with E-state index in [0.717, 1.165) is 25.7 Å². The van der Waals surface area contributed by atoms with Crippen molar-refractivity contribution in [2.24, 2.45) is 17.3 Å². The molecular weight excluding hydrogens is 529 g/mol. The molecule has 6 atom stereocenters. The Hall–Kier alpha value is -0.696. The van der Waals surface area contributed by atoms with Crippen LogP contribution in [0.1, 0.15) is 114 Å². The molecule has 3 aliphatic carbocycles. The van der Waals surface area contributed by atoms with Crippen LogP contribution < -0.4 is 0 Å². The fraction of sp³-hybridized carbons (Fsp3) is 0.853. The molecule has 0 aromatic heterocycles. The third-order valence-corrected chi connectivity index (χ3v) is 20.6. The van der Waals surface area contributed by atoms with Crippen LogP contribution in [-0.4, -0.2) is 40.9 Å². The van der Waals surface area contributed by atoms with Crippen LogP contribution >= 0.6 is 0 Å². The highest BCUT2D eigenvalue weighted by Crippen LogP contribution is 2.58. The molecule has 40 heavy (non-hydrogen) atoms. The van der Waals surface area contributed by atoms with Crippen molar-refractivity contribution in [3.05, 3.63) is 23.3 Å². The van der Waals surface area contributed by atoms with Crippen molar-refractivity contribution in [3.63, 3.8) is 0 Å². The maximum absolute atomic E-state index is 11.7. The number of allylic oxidation sites excluding steroid dienone is 3. The molecular formula is C34H62O4Si2. The summed E-state index contributed by atoms with van der Waals surface area (Å²) in [4.78, 5) is 11.7. The second kappa shape index (κ2) is 12.1. The van der Waals surface area contributed by atoms with E-state index in [1.165, 1.54) is 38.2 Å². The van der Waals surface area contributed by atoms with Crippen LogP contribution in [0.4, 0.5) is 0 Å². The molecule has 0 aromatic rings. The summed E-state index contributed by atoms with van der Waals surface area (Å²) in [6, 6.07) is 0. The number of fused-ring (bicyclic) bond motifs is 1. The van der Waals surface area contributed by atoms with E-state index in [9.17, 15) is 4.79 Å². The van der Waals surface area contributed by atoms with Crippen molar-refractivity contribution in [1.29, 1.82) is 0 Å². The summed E-state index contributed by atoms with van der Waals surface area (Å²) in [7, 11) is -3.77. The average molecular weight is 591 g/mol. The SMILES string of the molecule is CC(=O)O[C@@H](C)[C@H]1CC[C@H]2C(=CC=C3C[C@@H](O[Si](C)(C)C(C)(C)C)C[C@H](O[Si](C)(C)C(C)(C)C)C3)CCC[C@]12C. The van der Waals surface area contributed by atoms with Gasteiger partial charge in [-0.3, -0.25) is 4.79 Å². The number of carbonyl (C=O) groups excluding carboxylic acids is 1. The van der Waals surface area contributed by atoms with E-state index in [-0.39, 0.29) is 39.8 Å². The molecule has 0 aliphatic heterocycles. The number of esters is 1. The average Bonchev–Trinajstić information content (AvgIpc) is 3.12. The maximum atomic E-state index is 11.7. The molecule has 4 nitrogen and oxygen atoms in total. The topological polar surface area (TPSA) is 44.8 Å². The lowest BCUT2D eigenvalue weighted by molar-refractivity contribution is -0.150. The Morgan fingerprint density at radius 1 is 0.925 bits per heavy atom. The second-order valence-electron chi connectivity index (χ2n) is 16.6. The van der Waals surface area contributed by atoms with Gasteiger partial charge in [-0.05, 0) is 106 Å². The lowest BCUT2D eigenvalue weighted by atomic mass is 9.62. The molecule has 0 saturated heterocycles. The first-order valence-electron chi connectivity index (χ1n) is 16.1. The summed E-state index contributed by atoms with van der Waals surface area (Å²) < 4.78 is 19.7. The van der Waals surface area contributed by atoms with Gasteiger partial charge in [0, 0.05) is 12.8 Å². The predicted octanol–water partition coefficient (Wildman–Crippen LogP) is 9.97. The van der Waals surface area contributed by atoms with Gasteiger partial charge in [-0.2, -0.15) is 0 Å². The van der Waals surface area contributed by atoms with Gasteiger partial charge in [-0.15, -0.1) is 0 Å². The number of ether oxygens (including phenoxy) is 1. The minimum atomic E-state index is -1.88. The van der Waals surface area contributed by atoms with Crippen molar-refractivity contribution in [2.75, 3.05) is 0 Å². The van der Waals surface area contributed by atoms with Gasteiger partial charge in [0.2, 0.25) is 0 Å². The monoisotopic (exact) mass is 590 g/mol. The maximum Gasteiger partial charge on any atom is 0.302 e. The van der Waals surface area contributed by atoms with E-state index in [1.54, 1.807) is 5.57 Å². The summed E-state index contributed by atoms with van der Waals surface area (Å²) in [6.07, 6.45) is 14.4. The molecule has 3 fully saturated rings. The first-order chi connectivity index (χ1) is 18.2. The molecule has 0 spiro atoms. The fourth-order valence-corrected chi connectivity index (χ4v) is 9.98. The molecule has 0 amide bonds. The summed E-state index contributed by atoms with van der Waals surface area (Å²) >= 11 is 0. The minimum absolute atomic E-state index is 0.00922. The first kappa shape index (κ1) is 33.8. The van der Waals surface area contributed by atoms with E-state index >= 15 is 0 Å². The van der Waals surface area contributed by atoms with Gasteiger partial charge in [0.15, 0.2) is 16.6 Å². The predicted molar refractivity (Wildman–Crippen MR) is 174 cm³/mol. The molecule has 0 bridgehead atoms. The van der Waals surface area contributed by atoms with E-state index in [4.69, 9.17) is 13.6 Å². The van der Waals surface area contributed by atoms with Crippen LogP contribution in [0.5, 0.6) is 0 Å². The first-order valence-corrected chi connectivity index (χ1v) is 21.9. The molecule has 6 heteroatoms. The Morgan fingerprint density at radius 2 is 1.45 bits per heavy atom. The van der Waals surface area contributed by atoms with Gasteiger partial charge in [-0.1, -0.05) is 71.8 Å². The van der Waals surface area contributed by atoms with Crippen molar-refractivity contribution in [2.45, 2.75) is 168 Å². The Labute approximate surface area is 249 Å². The summed E-state index contributed by atoms with van der Waals surface area (Å²) in [5, 5.41) is 0.391. The summed E-state index contributed by atoms with van der Waals surface area (Å²) in [5.74, 6) is 0.873. The minimum Gasteiger partial charge on any atom is -0.463 e. The zero-order valence-corrected chi connectivity index (χ0v) is 30.3. The van der Waals surface area contributed by atoms with Gasteiger partial charge in [0.05, 0.1) is 12.2 Å². The van der Waals surface area contributed by atoms with Crippen LogP contribution in [0.3, 0.4) is 0 Å². The Kier molecular flexibility index (Phi) is 10.2. The van der Waals surface area contributed by atoms with Crippen molar-refractivity contribution in [1.82, 2.24) is 0 Å². The third kappa shape index (κ3) is 7.62. The van der Waals surface area contributed by atoms with Crippen LogP contribution in [0.2, 0.25) is 36.3 Å². The highest BCUT2D eigenvalue weighted by molar-refractivity contribution is 6.74. The number of hydrogen-bond donors (Lipinski definition) is 0. The molecule has 0 unspecified atom stereocenters. The number of hydrogen-bond acceptors (Lipinski definition) is 4. The summed E-state index contributed by atoms with van der Waals surface area (Å²) in [5.41, 5.74) is 3.31. The number of rotatable bonds is 7. The van der Waals surface area contributed by atoms with Crippen molar-refractivity contribution >= 4 is 22.6 Å². The third-order valence-electron chi connectivity index (χ3n) is 11.5. The fourth-order valence-electron chi connectivity index (χ4n) is 7.25. The Balaban J connectivity index is 1.86. The standard InChI is InChI=1S/C34H62O4Si2/c1-24(36-25(2)35)30-18-19-31-27(15-14-20-34(30,31)9)17-16-26-21-28(37-39(10,11)32(3,4)5)23-29(22-26)38-40(12,13)33(6,7)8/h16-17,24,28-31H,14-15,18-23H2,1-13H3/t24-,28+,29+,30+,31-,34+/m0/s1. The molecule has 0 N–H and O–H groups in total. The molecule has 230 valence electrons. The second-order valence-corrected chi connectivity index (χ2v) is 26.1. The largest absolute Gasteiger partial charge is 0.463 e. The molecule has 0 aromatic carbocycles. The van der Waals surface area contributed by atoms with Crippen LogP contribution in [0.15, 0.2) is 23.3 Å². The van der Waals surface area contributed by atoms with Crippen LogP contribution in [0.25, 0.3) is 0 Å². The Bertz CT molecular complexity index is 929. The van der Waals surface area contributed by atoms with Gasteiger partial charge >= 0.3 is 5.97 Å². The van der Waals surface area contributed by atoms with Crippen LogP contribution in [-0.2, 0) is 18.4 Å². The van der Waals surface area contributed by atoms with Gasteiger partial charge < -0.3 is 13.6 Å². The van der Waals surface area contributed by atoms with E-state index in [1.807, 2.05) is 0 Å². The Morgan fingerprint density at radius 3 is 1.93 bits per heavy atom. The smallest absolute Gasteiger partial charge is 0.302 e. The molecule has 0 heterocycles. The van der Waals surface area contributed by atoms with E-state index in [2.05, 4.69) is 93.7 Å². The van der Waals surface area contributed by atoms with Gasteiger partial charge in [0.25, 0.3) is 0 Å². The molecule has 3 saturated carbocycles. The van der Waals surface area contributed by atoms with Crippen molar-refractivity contribution < 1.29 is 18.4 Å². The lowest BCUT2D eigenvalue weighted by Crippen LogP contribution is -2.48. The highest BCUT2D eigenvalue weighted by Gasteiger charge is 2.51. The molecule has 3 rings (SSSR count). The zero-order chi connectivity index (χ0) is 30.3. The van der Waals surface area contributed by atoms with Gasteiger partial charge in [-0.25, -0.2) is 0 Å². The van der Waals surface area contributed by atoms with Crippen molar-refractivity contribution in [3.8, 4) is 0 Å². The quantitative estimate of drug-likeness (QED) is 0.219. The number of carbonyl (C=O) groups is 1. The van der Waals surface area contributed by atoms with Gasteiger partial charge in [0.1, 0.15) is 6.10 Å². The molecule has 0 radical (unpaired) electrons. The molecule has 3 aliphatic rings. The zero-order valence-electron chi connectivity index (χ0n) is 28.3. The highest BCUT2D eigenvalue weighted by atomic mass is 28.4.